The minimum Gasteiger partial charge on any atom is -0.457 e. The Bertz CT molecular complexity index is 702. The lowest BCUT2D eigenvalue weighted by atomic mass is 9.82. The summed E-state index contributed by atoms with van der Waals surface area (Å²) >= 11 is 0. The van der Waals surface area contributed by atoms with Gasteiger partial charge < -0.3 is 9.47 Å². The largest absolute Gasteiger partial charge is 0.457 e. The molecule has 4 heteroatoms. The van der Waals surface area contributed by atoms with Gasteiger partial charge in [0.25, 0.3) is 0 Å². The van der Waals surface area contributed by atoms with Crippen LogP contribution in [0.15, 0.2) is 60.7 Å². The fourth-order valence-electron chi connectivity index (χ4n) is 3.50. The van der Waals surface area contributed by atoms with Crippen LogP contribution < -0.4 is 0 Å². The van der Waals surface area contributed by atoms with Crippen LogP contribution in [0.1, 0.15) is 76.7 Å². The molecular weight excluding hydrogens is 364 g/mol. The number of benzene rings is 2. The molecule has 2 aromatic carbocycles. The molecule has 0 radical (unpaired) electrons. The van der Waals surface area contributed by atoms with Gasteiger partial charge in [-0.15, -0.1) is 0 Å². The third kappa shape index (κ3) is 5.26. The second-order valence-electron chi connectivity index (χ2n) is 7.21. The van der Waals surface area contributed by atoms with Crippen LogP contribution in [-0.2, 0) is 19.1 Å². The molecule has 2 rings (SSSR count). The number of rotatable bonds is 10. The highest BCUT2D eigenvalue weighted by Crippen LogP contribution is 2.35. The van der Waals surface area contributed by atoms with Gasteiger partial charge in [-0.1, -0.05) is 88.4 Å². The minimum absolute atomic E-state index is 0.331. The van der Waals surface area contributed by atoms with E-state index >= 15 is 0 Å². The topological polar surface area (TPSA) is 52.6 Å². The summed E-state index contributed by atoms with van der Waals surface area (Å²) in [4.78, 5) is 26.4. The zero-order chi connectivity index (χ0) is 21.3. The van der Waals surface area contributed by atoms with Gasteiger partial charge in [0.15, 0.2) is 5.41 Å². The molecule has 0 bridgehead atoms. The molecule has 2 aromatic rings. The van der Waals surface area contributed by atoms with E-state index in [0.29, 0.717) is 25.7 Å². The SMILES string of the molecule is CCC(OC(=O)C(CC)(CC)C(=O)OC(CC)c1ccccc1)c1ccccc1. The predicted octanol–water partition coefficient (Wildman–Crippen LogP) is 6.18. The first-order valence-corrected chi connectivity index (χ1v) is 10.5. The number of hydrogen-bond acceptors (Lipinski definition) is 4. The van der Waals surface area contributed by atoms with Crippen LogP contribution in [0.3, 0.4) is 0 Å². The molecule has 0 aromatic heterocycles. The van der Waals surface area contributed by atoms with Gasteiger partial charge in [0.2, 0.25) is 0 Å². The molecule has 29 heavy (non-hydrogen) atoms. The van der Waals surface area contributed by atoms with Crippen molar-refractivity contribution < 1.29 is 19.1 Å². The van der Waals surface area contributed by atoms with Crippen LogP contribution in [0.25, 0.3) is 0 Å². The number of carbonyl (C=O) groups excluding carboxylic acids is 2. The molecule has 0 aliphatic carbocycles. The van der Waals surface area contributed by atoms with Crippen LogP contribution in [0.2, 0.25) is 0 Å². The lowest BCUT2D eigenvalue weighted by Gasteiger charge is -2.31. The second-order valence-corrected chi connectivity index (χ2v) is 7.21. The highest BCUT2D eigenvalue weighted by atomic mass is 16.6. The van der Waals surface area contributed by atoms with E-state index in [-0.39, 0.29) is 12.2 Å². The maximum atomic E-state index is 13.2. The first-order valence-electron chi connectivity index (χ1n) is 10.5. The third-order valence-electron chi connectivity index (χ3n) is 5.57. The Hall–Kier alpha value is -2.62. The van der Waals surface area contributed by atoms with Gasteiger partial charge in [0.05, 0.1) is 0 Å². The van der Waals surface area contributed by atoms with Crippen LogP contribution in [0, 0.1) is 5.41 Å². The van der Waals surface area contributed by atoms with Gasteiger partial charge in [0, 0.05) is 0 Å². The van der Waals surface area contributed by atoms with Gasteiger partial charge in [0.1, 0.15) is 12.2 Å². The summed E-state index contributed by atoms with van der Waals surface area (Å²) in [5.41, 5.74) is 0.548. The van der Waals surface area contributed by atoms with Crippen molar-refractivity contribution in [2.24, 2.45) is 5.41 Å². The molecule has 0 saturated carbocycles. The molecule has 0 saturated heterocycles. The van der Waals surface area contributed by atoms with Crippen LogP contribution in [0.5, 0.6) is 0 Å². The Kier molecular flexibility index (Phi) is 8.44. The lowest BCUT2D eigenvalue weighted by molar-refractivity contribution is -0.180. The summed E-state index contributed by atoms with van der Waals surface area (Å²) in [5.74, 6) is -1.02. The van der Waals surface area contributed by atoms with Crippen molar-refractivity contribution in [2.45, 2.75) is 65.6 Å². The summed E-state index contributed by atoms with van der Waals surface area (Å²) in [7, 11) is 0. The fraction of sp³-hybridized carbons (Fsp3) is 0.440. The lowest BCUT2D eigenvalue weighted by Crippen LogP contribution is -2.42. The summed E-state index contributed by atoms with van der Waals surface area (Å²) < 4.78 is 11.7. The van der Waals surface area contributed by atoms with E-state index in [1.165, 1.54) is 0 Å². The fourth-order valence-corrected chi connectivity index (χ4v) is 3.50. The number of esters is 2. The molecule has 0 heterocycles. The van der Waals surface area contributed by atoms with Gasteiger partial charge in [-0.3, -0.25) is 9.59 Å². The van der Waals surface area contributed by atoms with Crippen molar-refractivity contribution in [1.29, 1.82) is 0 Å². The average Bonchev–Trinajstić information content (AvgIpc) is 2.78. The van der Waals surface area contributed by atoms with E-state index in [1.54, 1.807) is 0 Å². The van der Waals surface area contributed by atoms with E-state index in [0.717, 1.165) is 11.1 Å². The summed E-state index contributed by atoms with van der Waals surface area (Å²) in [6.45, 7) is 7.59. The first-order chi connectivity index (χ1) is 14.0. The van der Waals surface area contributed by atoms with Crippen LogP contribution >= 0.6 is 0 Å². The van der Waals surface area contributed by atoms with Gasteiger partial charge >= 0.3 is 11.9 Å². The quantitative estimate of drug-likeness (QED) is 0.355. The smallest absolute Gasteiger partial charge is 0.324 e. The van der Waals surface area contributed by atoms with Crippen molar-refractivity contribution in [3.63, 3.8) is 0 Å². The third-order valence-corrected chi connectivity index (χ3v) is 5.57. The maximum Gasteiger partial charge on any atom is 0.324 e. The number of hydrogen-bond donors (Lipinski definition) is 0. The maximum absolute atomic E-state index is 13.2. The van der Waals surface area contributed by atoms with Crippen molar-refractivity contribution in [3.05, 3.63) is 71.8 Å². The molecule has 0 aliphatic heterocycles. The van der Waals surface area contributed by atoms with Crippen molar-refractivity contribution in [2.75, 3.05) is 0 Å². The highest BCUT2D eigenvalue weighted by Gasteiger charge is 2.47. The van der Waals surface area contributed by atoms with E-state index in [4.69, 9.17) is 9.47 Å². The molecule has 0 fully saturated rings. The van der Waals surface area contributed by atoms with E-state index < -0.39 is 17.4 Å². The zero-order valence-electron chi connectivity index (χ0n) is 17.9. The molecule has 2 unspecified atom stereocenters. The van der Waals surface area contributed by atoms with Crippen molar-refractivity contribution in [1.82, 2.24) is 0 Å². The predicted molar refractivity (Wildman–Crippen MR) is 114 cm³/mol. The second kappa shape index (κ2) is 10.8. The van der Waals surface area contributed by atoms with Crippen molar-refractivity contribution >= 4 is 11.9 Å². The average molecular weight is 397 g/mol. The number of ether oxygens (including phenoxy) is 2. The molecule has 4 nitrogen and oxygen atoms in total. The molecule has 0 N–H and O–H groups in total. The Balaban J connectivity index is 2.22. The van der Waals surface area contributed by atoms with Crippen LogP contribution in [-0.4, -0.2) is 11.9 Å². The Labute approximate surface area is 174 Å². The van der Waals surface area contributed by atoms with Gasteiger partial charge in [-0.05, 0) is 36.8 Å². The molecular formula is C25H32O4. The van der Waals surface area contributed by atoms with E-state index in [9.17, 15) is 9.59 Å². The zero-order valence-corrected chi connectivity index (χ0v) is 17.9. The molecule has 0 spiro atoms. The van der Waals surface area contributed by atoms with E-state index in [1.807, 2.05) is 88.4 Å². The summed E-state index contributed by atoms with van der Waals surface area (Å²) in [5, 5.41) is 0. The Morgan fingerprint density at radius 3 is 1.31 bits per heavy atom. The number of carbonyl (C=O) groups is 2. The Morgan fingerprint density at radius 1 is 0.690 bits per heavy atom. The first kappa shape index (κ1) is 22.7. The highest BCUT2D eigenvalue weighted by molar-refractivity contribution is 6.00. The molecule has 0 amide bonds. The standard InChI is InChI=1S/C25H32O4/c1-5-21(19-15-11-9-12-16-19)28-23(26)25(7-3,8-4)24(27)29-22(6-2)20-17-13-10-14-18-20/h9-18,21-22H,5-8H2,1-4H3. The Morgan fingerprint density at radius 2 is 1.03 bits per heavy atom. The normalized spacial score (nSPS) is 13.4. The molecule has 0 aliphatic rings. The summed E-state index contributed by atoms with van der Waals surface area (Å²) in [6.07, 6.45) is 1.16. The minimum atomic E-state index is -1.30. The summed E-state index contributed by atoms with van der Waals surface area (Å²) in [6, 6.07) is 19.2. The van der Waals surface area contributed by atoms with Gasteiger partial charge in [-0.25, -0.2) is 0 Å². The van der Waals surface area contributed by atoms with Gasteiger partial charge in [-0.2, -0.15) is 0 Å². The molecule has 156 valence electrons. The molecule has 2 atom stereocenters. The monoisotopic (exact) mass is 396 g/mol. The van der Waals surface area contributed by atoms with Crippen molar-refractivity contribution in [3.8, 4) is 0 Å². The van der Waals surface area contributed by atoms with Crippen LogP contribution in [0.4, 0.5) is 0 Å². The van der Waals surface area contributed by atoms with E-state index in [2.05, 4.69) is 0 Å².